The Morgan fingerprint density at radius 1 is 0.731 bits per heavy atom. The van der Waals surface area contributed by atoms with E-state index in [1.165, 1.54) is 0 Å². The Labute approximate surface area is 155 Å². The van der Waals surface area contributed by atoms with Crippen LogP contribution in [-0.2, 0) is 4.74 Å². The molecule has 3 rings (SSSR count). The first-order chi connectivity index (χ1) is 12.8. The Kier molecular flexibility index (Phi) is 6.56. The largest absolute Gasteiger partial charge is 0.389 e. The Morgan fingerprint density at radius 3 is 1.58 bits per heavy atom. The van der Waals surface area contributed by atoms with Crippen LogP contribution in [0.1, 0.15) is 28.8 Å². The predicted molar refractivity (Wildman–Crippen MR) is 105 cm³/mol. The summed E-state index contributed by atoms with van der Waals surface area (Å²) in [5, 5.41) is 13.9. The second-order valence-corrected chi connectivity index (χ2v) is 6.28. The summed E-state index contributed by atoms with van der Waals surface area (Å²) < 4.78 is 6.19. The smallest absolute Gasteiger partial charge is 0.108 e. The van der Waals surface area contributed by atoms with E-state index in [1.807, 2.05) is 73.8 Å². The van der Waals surface area contributed by atoms with E-state index in [1.54, 1.807) is 0 Å². The molecule has 3 aromatic rings. The van der Waals surface area contributed by atoms with Gasteiger partial charge in [-0.05, 0) is 23.7 Å². The highest BCUT2D eigenvalue weighted by molar-refractivity contribution is 5.30. The molecule has 0 aliphatic rings. The number of hydrogen-bond donors (Lipinski definition) is 2. The van der Waals surface area contributed by atoms with Gasteiger partial charge in [0.15, 0.2) is 0 Å². The second kappa shape index (κ2) is 9.30. The molecule has 0 saturated heterocycles. The number of hydrogen-bond acceptors (Lipinski definition) is 3. The number of aliphatic hydroxyl groups is 1. The van der Waals surface area contributed by atoms with Gasteiger partial charge in [-0.2, -0.15) is 0 Å². The van der Waals surface area contributed by atoms with E-state index >= 15 is 0 Å². The van der Waals surface area contributed by atoms with Crippen LogP contribution in [0.4, 0.5) is 0 Å². The third kappa shape index (κ3) is 4.58. The summed E-state index contributed by atoms with van der Waals surface area (Å²) in [4.78, 5) is 0. The zero-order valence-corrected chi connectivity index (χ0v) is 15.0. The lowest BCUT2D eigenvalue weighted by Crippen LogP contribution is -2.33. The van der Waals surface area contributed by atoms with Gasteiger partial charge in [-0.15, -0.1) is 0 Å². The molecule has 26 heavy (non-hydrogen) atoms. The molecule has 0 aromatic heterocycles. The molecule has 0 saturated carbocycles. The fourth-order valence-electron chi connectivity index (χ4n) is 3.17. The fourth-order valence-corrected chi connectivity index (χ4v) is 3.17. The zero-order chi connectivity index (χ0) is 18.2. The van der Waals surface area contributed by atoms with E-state index in [4.69, 9.17) is 4.74 Å². The first-order valence-corrected chi connectivity index (χ1v) is 8.91. The van der Waals surface area contributed by atoms with Gasteiger partial charge < -0.3 is 15.2 Å². The van der Waals surface area contributed by atoms with Crippen LogP contribution >= 0.6 is 0 Å². The molecule has 0 bridgehead atoms. The molecule has 3 nitrogen and oxygen atoms in total. The van der Waals surface area contributed by atoms with Crippen LogP contribution in [-0.4, -0.2) is 24.9 Å². The van der Waals surface area contributed by atoms with Gasteiger partial charge in [-0.1, -0.05) is 91.0 Å². The molecule has 3 aromatic carbocycles. The van der Waals surface area contributed by atoms with Crippen LogP contribution in [0.15, 0.2) is 91.0 Å². The van der Waals surface area contributed by atoms with Crippen LogP contribution in [0.25, 0.3) is 0 Å². The van der Waals surface area contributed by atoms with Crippen molar-refractivity contribution in [3.8, 4) is 0 Å². The summed E-state index contributed by atoms with van der Waals surface area (Å²) in [6.07, 6.45) is -0.863. The molecule has 3 heteroatoms. The Balaban J connectivity index is 1.75. The molecule has 0 spiro atoms. The number of rotatable bonds is 8. The highest BCUT2D eigenvalue weighted by Crippen LogP contribution is 2.27. The first-order valence-electron chi connectivity index (χ1n) is 8.91. The number of nitrogens with one attached hydrogen (secondary N) is 1. The van der Waals surface area contributed by atoms with Crippen LogP contribution in [0, 0.1) is 0 Å². The normalized spacial score (nSPS) is 13.5. The van der Waals surface area contributed by atoms with E-state index in [-0.39, 0.29) is 18.8 Å². The van der Waals surface area contributed by atoms with E-state index in [9.17, 15) is 5.11 Å². The van der Waals surface area contributed by atoms with E-state index in [0.717, 1.165) is 16.7 Å². The van der Waals surface area contributed by atoms with E-state index in [2.05, 4.69) is 29.6 Å². The first kappa shape index (κ1) is 18.3. The molecule has 0 aliphatic heterocycles. The molecule has 0 aliphatic carbocycles. The molecular weight excluding hydrogens is 322 g/mol. The van der Waals surface area contributed by atoms with Gasteiger partial charge in [-0.25, -0.2) is 0 Å². The molecule has 134 valence electrons. The van der Waals surface area contributed by atoms with Crippen molar-refractivity contribution in [3.63, 3.8) is 0 Å². The lowest BCUT2D eigenvalue weighted by Gasteiger charge is -2.26. The molecule has 0 unspecified atom stereocenters. The van der Waals surface area contributed by atoms with Gasteiger partial charge in [0.1, 0.15) is 6.10 Å². The average Bonchev–Trinajstić information content (AvgIpc) is 2.71. The van der Waals surface area contributed by atoms with Crippen molar-refractivity contribution in [2.24, 2.45) is 0 Å². The molecule has 0 amide bonds. The maximum Gasteiger partial charge on any atom is 0.108 e. The molecule has 2 N–H and O–H groups in total. The van der Waals surface area contributed by atoms with E-state index < -0.39 is 6.10 Å². The summed E-state index contributed by atoms with van der Waals surface area (Å²) in [5.74, 6) is 0. The van der Waals surface area contributed by atoms with Gasteiger partial charge in [-0.3, -0.25) is 0 Å². The standard InChI is InChI=1S/C23H25NO2/c1-24-22(18-11-5-2-6-12-18)21(25)17-26-23(19-13-7-3-8-14-19)20-15-9-4-10-16-20/h2-16,21-25H,17H2,1H3/t21-,22+/m0/s1. The highest BCUT2D eigenvalue weighted by atomic mass is 16.5. The monoisotopic (exact) mass is 347 g/mol. The minimum Gasteiger partial charge on any atom is -0.389 e. The Morgan fingerprint density at radius 2 is 1.15 bits per heavy atom. The predicted octanol–water partition coefficient (Wildman–Crippen LogP) is 4.11. The van der Waals surface area contributed by atoms with Crippen molar-refractivity contribution in [1.82, 2.24) is 5.32 Å². The van der Waals surface area contributed by atoms with Crippen LogP contribution in [0.3, 0.4) is 0 Å². The molecule has 0 radical (unpaired) electrons. The van der Waals surface area contributed by atoms with Crippen LogP contribution in [0.2, 0.25) is 0 Å². The lowest BCUT2D eigenvalue weighted by atomic mass is 10.0. The number of likely N-dealkylation sites (N-methyl/N-ethyl adjacent to an activating group) is 1. The summed E-state index contributed by atoms with van der Waals surface area (Å²) >= 11 is 0. The number of ether oxygens (including phenoxy) is 1. The van der Waals surface area contributed by atoms with Gasteiger partial charge in [0.2, 0.25) is 0 Å². The lowest BCUT2D eigenvalue weighted by molar-refractivity contribution is -0.00917. The third-order valence-corrected chi connectivity index (χ3v) is 4.49. The molecular formula is C23H25NO2. The SMILES string of the molecule is CN[C@H](c1ccccc1)[C@@H](O)COC(c1ccccc1)c1ccccc1. The summed E-state index contributed by atoms with van der Waals surface area (Å²) in [6, 6.07) is 30.0. The summed E-state index contributed by atoms with van der Waals surface area (Å²) in [5.41, 5.74) is 3.19. The van der Waals surface area contributed by atoms with E-state index in [0.29, 0.717) is 0 Å². The Bertz CT molecular complexity index is 722. The quantitative estimate of drug-likeness (QED) is 0.644. The van der Waals surface area contributed by atoms with Crippen LogP contribution in [0.5, 0.6) is 0 Å². The topological polar surface area (TPSA) is 41.5 Å². The van der Waals surface area contributed by atoms with Gasteiger partial charge in [0.05, 0.1) is 18.8 Å². The zero-order valence-electron chi connectivity index (χ0n) is 15.0. The van der Waals surface area contributed by atoms with Gasteiger partial charge >= 0.3 is 0 Å². The number of aliphatic hydroxyl groups excluding tert-OH is 1. The van der Waals surface area contributed by atoms with Gasteiger partial charge in [0, 0.05) is 0 Å². The maximum absolute atomic E-state index is 10.7. The van der Waals surface area contributed by atoms with Crippen LogP contribution < -0.4 is 5.32 Å². The summed E-state index contributed by atoms with van der Waals surface area (Å²) in [7, 11) is 1.85. The minimum absolute atomic E-state index is 0.177. The van der Waals surface area contributed by atoms with Crippen molar-refractivity contribution in [1.29, 1.82) is 0 Å². The maximum atomic E-state index is 10.7. The number of benzene rings is 3. The van der Waals surface area contributed by atoms with Crippen molar-refractivity contribution < 1.29 is 9.84 Å². The van der Waals surface area contributed by atoms with Crippen molar-refractivity contribution in [2.75, 3.05) is 13.7 Å². The minimum atomic E-state index is -0.655. The second-order valence-electron chi connectivity index (χ2n) is 6.28. The van der Waals surface area contributed by atoms with Crippen molar-refractivity contribution >= 4 is 0 Å². The Hall–Kier alpha value is -2.46. The fraction of sp³-hybridized carbons (Fsp3) is 0.217. The third-order valence-electron chi connectivity index (χ3n) is 4.49. The molecule has 2 atom stereocenters. The molecule has 0 heterocycles. The molecule has 0 fully saturated rings. The van der Waals surface area contributed by atoms with Crippen molar-refractivity contribution in [2.45, 2.75) is 18.2 Å². The van der Waals surface area contributed by atoms with Gasteiger partial charge in [0.25, 0.3) is 0 Å². The highest BCUT2D eigenvalue weighted by Gasteiger charge is 2.22. The van der Waals surface area contributed by atoms with Crippen molar-refractivity contribution in [3.05, 3.63) is 108 Å². The summed E-state index contributed by atoms with van der Waals surface area (Å²) in [6.45, 7) is 0.231. The average molecular weight is 347 g/mol.